The molecule has 1 aromatic heterocycles. The fraction of sp³-hybridized carbons (Fsp3) is 0. The number of fused-ring (bicyclic) bond motifs is 1. The molecule has 0 saturated carbocycles. The normalized spacial score (nSPS) is 12.3. The molecule has 3 aromatic carbocycles. The van der Waals surface area contributed by atoms with Crippen LogP contribution in [0.4, 0.5) is 0 Å². The Bertz CT molecular complexity index is 1910. The van der Waals surface area contributed by atoms with Gasteiger partial charge in [-0.3, -0.25) is 0 Å². The first-order chi connectivity index (χ1) is 18.6. The summed E-state index contributed by atoms with van der Waals surface area (Å²) in [6.07, 6.45) is 0. The second-order valence-corrected chi connectivity index (χ2v) is 7.77. The third-order valence-corrected chi connectivity index (χ3v) is 5.56. The third kappa shape index (κ3) is 4.08. The molecule has 0 bridgehead atoms. The average molecular weight is 486 g/mol. The molecule has 4 aromatic rings. The van der Waals surface area contributed by atoms with E-state index in [0.717, 1.165) is 0 Å². The number of allylic oxidation sites excluding steroid dienone is 1. The molecule has 0 spiro atoms. The molecule has 5 rings (SSSR count). The highest BCUT2D eigenvalue weighted by molar-refractivity contribution is 5.70. The van der Waals surface area contributed by atoms with E-state index in [-0.39, 0.29) is 28.3 Å². The number of hydrogen-bond donors (Lipinski definition) is 0. The van der Waals surface area contributed by atoms with Gasteiger partial charge < -0.3 is 0 Å². The van der Waals surface area contributed by atoms with Gasteiger partial charge in [0.1, 0.15) is 11.4 Å². The number of nitriles is 4. The van der Waals surface area contributed by atoms with Crippen LogP contribution in [0.25, 0.3) is 39.0 Å². The van der Waals surface area contributed by atoms with Crippen LogP contribution in [0.3, 0.4) is 0 Å². The molecule has 172 valence electrons. The van der Waals surface area contributed by atoms with E-state index in [1.165, 1.54) is 0 Å². The van der Waals surface area contributed by atoms with E-state index in [4.69, 9.17) is 17.1 Å². The number of benzene rings is 3. The van der Waals surface area contributed by atoms with Gasteiger partial charge in [0.2, 0.25) is 0 Å². The van der Waals surface area contributed by atoms with Crippen LogP contribution in [0.2, 0.25) is 0 Å². The van der Waals surface area contributed by atoms with Crippen molar-refractivity contribution in [2.24, 2.45) is 9.98 Å². The Morgan fingerprint density at radius 1 is 0.658 bits per heavy atom. The first kappa shape index (κ1) is 23.2. The maximum absolute atomic E-state index is 10.0. The highest BCUT2D eigenvalue weighted by Gasteiger charge is 2.19. The van der Waals surface area contributed by atoms with Crippen molar-refractivity contribution in [2.75, 3.05) is 0 Å². The van der Waals surface area contributed by atoms with Crippen LogP contribution >= 0.6 is 0 Å². The highest BCUT2D eigenvalue weighted by Crippen LogP contribution is 2.26. The van der Waals surface area contributed by atoms with Gasteiger partial charge in [0.25, 0.3) is 0 Å². The first-order valence-electron chi connectivity index (χ1n) is 10.9. The van der Waals surface area contributed by atoms with Gasteiger partial charge in [-0.25, -0.2) is 35.0 Å². The van der Waals surface area contributed by atoms with Crippen molar-refractivity contribution in [1.29, 1.82) is 21.0 Å². The van der Waals surface area contributed by atoms with Crippen molar-refractivity contribution in [3.05, 3.63) is 111 Å². The van der Waals surface area contributed by atoms with E-state index in [2.05, 4.69) is 48.0 Å². The predicted molar refractivity (Wildman–Crippen MR) is 132 cm³/mol. The molecule has 0 radical (unpaired) electrons. The molecule has 0 unspecified atom stereocenters. The van der Waals surface area contributed by atoms with Gasteiger partial charge >= 0.3 is 5.70 Å². The molecule has 0 atom stereocenters. The molecule has 0 amide bonds. The van der Waals surface area contributed by atoms with Gasteiger partial charge in [0.05, 0.1) is 46.8 Å². The number of hydrogen-bond acceptors (Lipinski definition) is 9. The zero-order valence-electron chi connectivity index (χ0n) is 19.2. The quantitative estimate of drug-likeness (QED) is 0.316. The van der Waals surface area contributed by atoms with E-state index in [9.17, 15) is 10.5 Å². The van der Waals surface area contributed by atoms with Crippen molar-refractivity contribution in [3.63, 3.8) is 0 Å². The number of nitrogens with zero attached hydrogens (tertiary/aromatic N) is 10. The molecule has 0 aliphatic carbocycles. The van der Waals surface area contributed by atoms with Crippen LogP contribution in [-0.2, 0) is 0 Å². The Labute approximate surface area is 215 Å². The summed E-state index contributed by atoms with van der Waals surface area (Å²) in [5.74, 6) is 0.755. The lowest BCUT2D eigenvalue weighted by molar-refractivity contribution is 1.07. The van der Waals surface area contributed by atoms with Gasteiger partial charge in [0.15, 0.2) is 23.3 Å². The summed E-state index contributed by atoms with van der Waals surface area (Å²) in [6.45, 7) is 7.17. The van der Waals surface area contributed by atoms with Crippen molar-refractivity contribution in [2.45, 2.75) is 0 Å². The van der Waals surface area contributed by atoms with E-state index in [1.54, 1.807) is 66.7 Å². The Kier molecular flexibility index (Phi) is 5.87. The second kappa shape index (κ2) is 9.61. The lowest BCUT2D eigenvalue weighted by atomic mass is 10.1. The Morgan fingerprint density at radius 2 is 1.21 bits per heavy atom. The standard InChI is InChI=1S/C28H10N10/c1-33-23(15-32)28-34-22-11-10-20(21(14-31)24(22)35-28)27-37-25(18-6-2-16(12-29)3-7-18)36-26(38-27)19-8-4-17(13-30)5-9-19/h2-11H/b28-23+. The fourth-order valence-electron chi connectivity index (χ4n) is 3.70. The van der Waals surface area contributed by atoms with Crippen LogP contribution in [-0.4, -0.2) is 15.0 Å². The minimum atomic E-state index is -0.280. The molecule has 38 heavy (non-hydrogen) atoms. The topological polar surface area (TPSA) is 163 Å². The maximum atomic E-state index is 10.0. The number of rotatable bonds is 3. The molecule has 0 saturated heterocycles. The molecule has 2 heterocycles. The van der Waals surface area contributed by atoms with Gasteiger partial charge in [-0.05, 0) is 60.7 Å². The summed E-state index contributed by atoms with van der Waals surface area (Å²) in [5.41, 5.74) is 2.42. The number of aromatic nitrogens is 3. The average Bonchev–Trinajstić information content (AvgIpc) is 3.41. The summed E-state index contributed by atoms with van der Waals surface area (Å²) < 4.78 is 0. The second-order valence-electron chi connectivity index (χ2n) is 7.77. The predicted octanol–water partition coefficient (Wildman–Crippen LogP) is 3.35. The Hall–Kier alpha value is -6.54. The minimum Gasteiger partial charge on any atom is -0.238 e. The van der Waals surface area contributed by atoms with Gasteiger partial charge in [-0.2, -0.15) is 15.8 Å². The van der Waals surface area contributed by atoms with Crippen LogP contribution in [0.5, 0.6) is 0 Å². The maximum Gasteiger partial charge on any atom is 0.305 e. The molecule has 10 nitrogen and oxygen atoms in total. The van der Waals surface area contributed by atoms with Crippen LogP contribution in [0, 0.1) is 51.9 Å². The van der Waals surface area contributed by atoms with Crippen LogP contribution in [0.1, 0.15) is 16.7 Å². The lowest BCUT2D eigenvalue weighted by Crippen LogP contribution is -2.25. The van der Waals surface area contributed by atoms with Crippen molar-refractivity contribution in [3.8, 4) is 58.4 Å². The third-order valence-electron chi connectivity index (χ3n) is 5.56. The molecule has 10 heteroatoms. The van der Waals surface area contributed by atoms with Crippen LogP contribution < -0.4 is 10.7 Å². The van der Waals surface area contributed by atoms with Crippen LogP contribution in [0.15, 0.2) is 82.2 Å². The largest absolute Gasteiger partial charge is 0.305 e. The molecular weight excluding hydrogens is 476 g/mol. The smallest absolute Gasteiger partial charge is 0.238 e. The Balaban J connectivity index is 1.76. The zero-order chi connectivity index (χ0) is 26.6. The van der Waals surface area contributed by atoms with E-state index < -0.39 is 0 Å². The monoisotopic (exact) mass is 486 g/mol. The summed E-state index contributed by atoms with van der Waals surface area (Å²) in [6, 6.07) is 24.7. The summed E-state index contributed by atoms with van der Waals surface area (Å²) in [7, 11) is 0. The van der Waals surface area contributed by atoms with Crippen molar-refractivity contribution >= 4 is 0 Å². The Morgan fingerprint density at radius 3 is 1.68 bits per heavy atom. The zero-order valence-corrected chi connectivity index (χ0v) is 19.2. The van der Waals surface area contributed by atoms with E-state index in [0.29, 0.717) is 44.8 Å². The van der Waals surface area contributed by atoms with Gasteiger partial charge in [-0.1, -0.05) is 0 Å². The fourth-order valence-corrected chi connectivity index (χ4v) is 3.70. The molecule has 1 aliphatic heterocycles. The summed E-state index contributed by atoms with van der Waals surface area (Å²) in [5, 5.41) is 38.1. The lowest BCUT2D eigenvalue weighted by Gasteiger charge is -2.09. The molecule has 0 N–H and O–H groups in total. The van der Waals surface area contributed by atoms with Gasteiger partial charge in [0, 0.05) is 16.7 Å². The van der Waals surface area contributed by atoms with E-state index >= 15 is 0 Å². The molecule has 1 aliphatic rings. The van der Waals surface area contributed by atoms with Crippen molar-refractivity contribution < 1.29 is 0 Å². The van der Waals surface area contributed by atoms with Gasteiger partial charge in [-0.15, -0.1) is 0 Å². The summed E-state index contributed by atoms with van der Waals surface area (Å²) in [4.78, 5) is 25.5. The minimum absolute atomic E-state index is 0.0571. The summed E-state index contributed by atoms with van der Waals surface area (Å²) >= 11 is 0. The highest BCUT2D eigenvalue weighted by atomic mass is 15.0. The first-order valence-corrected chi connectivity index (χ1v) is 10.9. The SMILES string of the molecule is [C-]#[N+]/C(C#N)=C1\N=c2ccc(-c3nc(-c4ccc(C#N)cc4)nc(-c4ccc(C#N)cc4)n3)c(C#N)c2=N1. The van der Waals surface area contributed by atoms with E-state index in [1.807, 2.05) is 0 Å². The molecular formula is C28H10N10. The molecule has 0 fully saturated rings. The van der Waals surface area contributed by atoms with Crippen molar-refractivity contribution in [1.82, 2.24) is 15.0 Å².